The Labute approximate surface area is 95.2 Å². The number of hydrogen-bond acceptors (Lipinski definition) is 4. The maximum Gasteiger partial charge on any atom is 0.315 e. The first-order chi connectivity index (χ1) is 7.76. The zero-order valence-electron chi connectivity index (χ0n) is 9.61. The SMILES string of the molecule is CCCOC1C[C@@H]2CC3(CCOC3=O)C1O2. The standard InChI is InChI=1S/C12H18O4/c1-2-4-14-9-6-8-7-12(10(9)16-8)3-5-15-11(12)13/h8-10H,2-7H2,1H3/t8-,9?,10?,12?/m1/s1. The number of ether oxygens (including phenoxy) is 3. The summed E-state index contributed by atoms with van der Waals surface area (Å²) in [5, 5.41) is 0. The molecule has 3 heterocycles. The van der Waals surface area contributed by atoms with Crippen LogP contribution >= 0.6 is 0 Å². The van der Waals surface area contributed by atoms with E-state index in [0.717, 1.165) is 32.3 Å². The summed E-state index contributed by atoms with van der Waals surface area (Å²) in [6, 6.07) is 0. The average Bonchev–Trinajstić information content (AvgIpc) is 2.92. The van der Waals surface area contributed by atoms with Crippen molar-refractivity contribution in [3.05, 3.63) is 0 Å². The van der Waals surface area contributed by atoms with E-state index in [-0.39, 0.29) is 29.7 Å². The summed E-state index contributed by atoms with van der Waals surface area (Å²) in [5.41, 5.74) is -0.374. The monoisotopic (exact) mass is 226 g/mol. The van der Waals surface area contributed by atoms with E-state index in [0.29, 0.717) is 6.61 Å². The second kappa shape index (κ2) is 3.70. The molecule has 4 heteroatoms. The van der Waals surface area contributed by atoms with E-state index in [2.05, 4.69) is 6.92 Å². The van der Waals surface area contributed by atoms with E-state index >= 15 is 0 Å². The molecule has 0 radical (unpaired) electrons. The molecule has 0 aromatic carbocycles. The highest BCUT2D eigenvalue weighted by molar-refractivity contribution is 5.80. The van der Waals surface area contributed by atoms with Gasteiger partial charge in [0.2, 0.25) is 0 Å². The van der Waals surface area contributed by atoms with Crippen molar-refractivity contribution in [3.63, 3.8) is 0 Å². The summed E-state index contributed by atoms with van der Waals surface area (Å²) < 4.78 is 16.8. The van der Waals surface area contributed by atoms with Gasteiger partial charge < -0.3 is 14.2 Å². The third-order valence-corrected chi connectivity index (χ3v) is 4.03. The second-order valence-corrected chi connectivity index (χ2v) is 5.07. The molecule has 0 saturated carbocycles. The molecule has 4 atom stereocenters. The number of carbonyl (C=O) groups is 1. The molecule has 0 amide bonds. The van der Waals surface area contributed by atoms with E-state index in [1.807, 2.05) is 0 Å². The number of hydrogen-bond donors (Lipinski definition) is 0. The summed E-state index contributed by atoms with van der Waals surface area (Å²) in [7, 11) is 0. The Morgan fingerprint density at radius 3 is 3.06 bits per heavy atom. The first-order valence-corrected chi connectivity index (χ1v) is 6.20. The van der Waals surface area contributed by atoms with Gasteiger partial charge in [-0.15, -0.1) is 0 Å². The number of cyclic esters (lactones) is 1. The lowest BCUT2D eigenvalue weighted by Gasteiger charge is -2.32. The smallest absolute Gasteiger partial charge is 0.315 e. The van der Waals surface area contributed by atoms with E-state index in [1.165, 1.54) is 0 Å². The third-order valence-electron chi connectivity index (χ3n) is 4.03. The van der Waals surface area contributed by atoms with Gasteiger partial charge in [-0.05, 0) is 12.8 Å². The quantitative estimate of drug-likeness (QED) is 0.680. The topological polar surface area (TPSA) is 44.8 Å². The van der Waals surface area contributed by atoms with Crippen molar-refractivity contribution < 1.29 is 19.0 Å². The Bertz CT molecular complexity index is 303. The van der Waals surface area contributed by atoms with Crippen LogP contribution in [0.1, 0.15) is 32.6 Å². The normalized spacial score (nSPS) is 45.6. The first kappa shape index (κ1) is 10.5. The molecular weight excluding hydrogens is 208 g/mol. The van der Waals surface area contributed by atoms with Gasteiger partial charge in [0.05, 0.1) is 18.8 Å². The van der Waals surface area contributed by atoms with Crippen LogP contribution in [0.4, 0.5) is 0 Å². The Balaban J connectivity index is 1.76. The molecule has 3 saturated heterocycles. The molecular formula is C12H18O4. The van der Waals surface area contributed by atoms with Gasteiger partial charge >= 0.3 is 5.97 Å². The van der Waals surface area contributed by atoms with Crippen molar-refractivity contribution in [2.75, 3.05) is 13.2 Å². The summed E-state index contributed by atoms with van der Waals surface area (Å²) in [6.07, 6.45) is 3.84. The molecule has 1 spiro atoms. The third kappa shape index (κ3) is 1.32. The molecule has 0 aromatic rings. The fourth-order valence-corrected chi connectivity index (χ4v) is 3.31. The zero-order chi connectivity index (χ0) is 11.2. The van der Waals surface area contributed by atoms with Crippen molar-refractivity contribution in [1.82, 2.24) is 0 Å². The highest BCUT2D eigenvalue weighted by Crippen LogP contribution is 2.53. The zero-order valence-corrected chi connectivity index (χ0v) is 9.61. The molecule has 0 N–H and O–H groups in total. The number of rotatable bonds is 3. The average molecular weight is 226 g/mol. The van der Waals surface area contributed by atoms with Crippen LogP contribution in [0.25, 0.3) is 0 Å². The maximum atomic E-state index is 11.8. The minimum atomic E-state index is -0.374. The number of esters is 1. The van der Waals surface area contributed by atoms with Crippen molar-refractivity contribution >= 4 is 5.97 Å². The predicted octanol–water partition coefficient (Wildman–Crippen LogP) is 1.28. The van der Waals surface area contributed by atoms with Crippen LogP contribution in [-0.4, -0.2) is 37.5 Å². The van der Waals surface area contributed by atoms with Crippen LogP contribution in [0.5, 0.6) is 0 Å². The highest BCUT2D eigenvalue weighted by atomic mass is 16.6. The van der Waals surface area contributed by atoms with Crippen LogP contribution in [0, 0.1) is 5.41 Å². The lowest BCUT2D eigenvalue weighted by molar-refractivity contribution is -0.152. The molecule has 90 valence electrons. The van der Waals surface area contributed by atoms with E-state index in [4.69, 9.17) is 14.2 Å². The van der Waals surface area contributed by atoms with Gasteiger partial charge in [0.15, 0.2) is 0 Å². The van der Waals surface area contributed by atoms with E-state index in [9.17, 15) is 4.79 Å². The molecule has 0 aromatic heterocycles. The molecule has 0 aliphatic carbocycles. The summed E-state index contributed by atoms with van der Waals surface area (Å²) in [5.74, 6) is -0.0650. The molecule has 4 nitrogen and oxygen atoms in total. The Kier molecular flexibility index (Phi) is 2.44. The summed E-state index contributed by atoms with van der Waals surface area (Å²) in [4.78, 5) is 11.8. The van der Waals surface area contributed by atoms with Gasteiger partial charge in [-0.1, -0.05) is 6.92 Å². The lowest BCUT2D eigenvalue weighted by atomic mass is 9.72. The number of carbonyl (C=O) groups excluding carboxylic acids is 1. The van der Waals surface area contributed by atoms with Crippen LogP contribution in [-0.2, 0) is 19.0 Å². The van der Waals surface area contributed by atoms with Gasteiger partial charge in [0.25, 0.3) is 0 Å². The van der Waals surface area contributed by atoms with Crippen LogP contribution in [0.15, 0.2) is 0 Å². The second-order valence-electron chi connectivity index (χ2n) is 5.07. The molecule has 3 fully saturated rings. The fraction of sp³-hybridized carbons (Fsp3) is 0.917. The van der Waals surface area contributed by atoms with Gasteiger partial charge in [0.1, 0.15) is 11.5 Å². The van der Waals surface area contributed by atoms with Crippen LogP contribution in [0.2, 0.25) is 0 Å². The van der Waals surface area contributed by atoms with Crippen molar-refractivity contribution in [2.24, 2.45) is 5.41 Å². The van der Waals surface area contributed by atoms with Crippen molar-refractivity contribution in [3.8, 4) is 0 Å². The maximum absolute atomic E-state index is 11.8. The molecule has 3 unspecified atom stereocenters. The Morgan fingerprint density at radius 1 is 1.56 bits per heavy atom. The molecule has 16 heavy (non-hydrogen) atoms. The Hall–Kier alpha value is -0.610. The minimum absolute atomic E-state index is 0.0564. The number of fused-ring (bicyclic) bond motifs is 3. The molecule has 3 aliphatic heterocycles. The molecule has 2 bridgehead atoms. The van der Waals surface area contributed by atoms with Crippen LogP contribution in [0.3, 0.4) is 0 Å². The molecule has 3 aliphatic rings. The van der Waals surface area contributed by atoms with Crippen molar-refractivity contribution in [2.45, 2.75) is 50.9 Å². The first-order valence-electron chi connectivity index (χ1n) is 6.20. The van der Waals surface area contributed by atoms with Crippen LogP contribution < -0.4 is 0 Å². The minimum Gasteiger partial charge on any atom is -0.465 e. The Morgan fingerprint density at radius 2 is 2.44 bits per heavy atom. The van der Waals surface area contributed by atoms with Gasteiger partial charge in [-0.25, -0.2) is 0 Å². The predicted molar refractivity (Wildman–Crippen MR) is 55.9 cm³/mol. The fourth-order valence-electron chi connectivity index (χ4n) is 3.31. The van der Waals surface area contributed by atoms with E-state index < -0.39 is 0 Å². The summed E-state index contributed by atoms with van der Waals surface area (Å²) >= 11 is 0. The highest BCUT2D eigenvalue weighted by Gasteiger charge is 2.64. The largest absolute Gasteiger partial charge is 0.465 e. The van der Waals surface area contributed by atoms with Gasteiger partial charge in [0, 0.05) is 19.4 Å². The summed E-state index contributed by atoms with van der Waals surface area (Å²) in [6.45, 7) is 3.39. The lowest BCUT2D eigenvalue weighted by Crippen LogP contribution is -2.45. The van der Waals surface area contributed by atoms with E-state index in [1.54, 1.807) is 0 Å². The van der Waals surface area contributed by atoms with Gasteiger partial charge in [-0.3, -0.25) is 4.79 Å². The van der Waals surface area contributed by atoms with Gasteiger partial charge in [-0.2, -0.15) is 0 Å². The molecule has 3 rings (SSSR count). The van der Waals surface area contributed by atoms with Crippen molar-refractivity contribution in [1.29, 1.82) is 0 Å².